The van der Waals surface area contributed by atoms with Crippen molar-refractivity contribution >= 4 is 27.5 Å². The summed E-state index contributed by atoms with van der Waals surface area (Å²) in [6.07, 6.45) is 0. The second kappa shape index (κ2) is 7.53. The summed E-state index contributed by atoms with van der Waals surface area (Å²) in [5.74, 6) is 0.419. The molecule has 25 heavy (non-hydrogen) atoms. The van der Waals surface area contributed by atoms with E-state index in [1.165, 1.54) is 0 Å². The molecule has 2 aromatic carbocycles. The molecule has 0 radical (unpaired) electrons. The van der Waals surface area contributed by atoms with E-state index < -0.39 is 0 Å². The van der Waals surface area contributed by atoms with Crippen molar-refractivity contribution in [1.82, 2.24) is 9.78 Å². The smallest absolute Gasteiger partial charge is 0.262 e. The second-order valence-corrected chi connectivity index (χ2v) is 6.56. The molecule has 0 atom stereocenters. The van der Waals surface area contributed by atoms with E-state index in [0.717, 1.165) is 21.5 Å². The largest absolute Gasteiger partial charge is 0.484 e. The highest BCUT2D eigenvalue weighted by molar-refractivity contribution is 9.10. The Balaban J connectivity index is 1.71. The fourth-order valence-electron chi connectivity index (χ4n) is 2.50. The average molecular weight is 400 g/mol. The molecule has 0 saturated heterocycles. The van der Waals surface area contributed by atoms with Crippen LogP contribution in [0.2, 0.25) is 0 Å². The van der Waals surface area contributed by atoms with Crippen LogP contribution in [-0.4, -0.2) is 22.3 Å². The van der Waals surface area contributed by atoms with E-state index in [1.807, 2.05) is 61.0 Å². The second-order valence-electron chi connectivity index (χ2n) is 5.65. The number of benzene rings is 2. The molecule has 1 aromatic heterocycles. The predicted molar refractivity (Wildman–Crippen MR) is 101 cm³/mol. The average Bonchev–Trinajstić information content (AvgIpc) is 2.93. The number of nitrogens with zero attached hydrogens (tertiary/aromatic N) is 2. The first-order valence-electron chi connectivity index (χ1n) is 7.84. The van der Waals surface area contributed by atoms with E-state index in [0.29, 0.717) is 11.4 Å². The maximum atomic E-state index is 12.3. The van der Waals surface area contributed by atoms with Gasteiger partial charge in [-0.1, -0.05) is 28.1 Å². The van der Waals surface area contributed by atoms with Crippen LogP contribution in [0.5, 0.6) is 5.75 Å². The van der Waals surface area contributed by atoms with E-state index >= 15 is 0 Å². The van der Waals surface area contributed by atoms with E-state index in [2.05, 4.69) is 26.3 Å². The number of aryl methyl sites for hydroxylation is 2. The van der Waals surface area contributed by atoms with Crippen molar-refractivity contribution in [3.63, 3.8) is 0 Å². The Bertz CT molecular complexity index is 888. The first-order valence-corrected chi connectivity index (χ1v) is 8.63. The molecule has 5 nitrogen and oxygen atoms in total. The number of ether oxygens (including phenoxy) is 1. The van der Waals surface area contributed by atoms with Crippen molar-refractivity contribution in [2.45, 2.75) is 13.8 Å². The Hall–Kier alpha value is -2.60. The van der Waals surface area contributed by atoms with Crippen LogP contribution in [-0.2, 0) is 4.79 Å². The summed E-state index contributed by atoms with van der Waals surface area (Å²) in [6.45, 7) is 3.86. The Morgan fingerprint density at radius 3 is 2.56 bits per heavy atom. The van der Waals surface area contributed by atoms with Gasteiger partial charge >= 0.3 is 0 Å². The van der Waals surface area contributed by atoms with Crippen molar-refractivity contribution in [2.24, 2.45) is 0 Å². The number of rotatable bonds is 5. The van der Waals surface area contributed by atoms with Crippen molar-refractivity contribution in [2.75, 3.05) is 11.9 Å². The van der Waals surface area contributed by atoms with Gasteiger partial charge in [-0.25, -0.2) is 4.68 Å². The van der Waals surface area contributed by atoms with Gasteiger partial charge in [-0.3, -0.25) is 4.79 Å². The summed E-state index contributed by atoms with van der Waals surface area (Å²) < 4.78 is 8.29. The Morgan fingerprint density at radius 1 is 1.16 bits per heavy atom. The fraction of sp³-hybridized carbons (Fsp3) is 0.158. The molecule has 0 unspecified atom stereocenters. The third kappa shape index (κ3) is 4.28. The lowest BCUT2D eigenvalue weighted by Crippen LogP contribution is -2.21. The van der Waals surface area contributed by atoms with Gasteiger partial charge in [0.2, 0.25) is 0 Å². The summed E-state index contributed by atoms with van der Waals surface area (Å²) in [7, 11) is 0. The number of hydrogen-bond acceptors (Lipinski definition) is 3. The molecule has 0 spiro atoms. The molecule has 0 fully saturated rings. The number of aromatic nitrogens is 2. The maximum absolute atomic E-state index is 12.3. The number of para-hydroxylation sites is 2. The van der Waals surface area contributed by atoms with Crippen molar-refractivity contribution in [1.29, 1.82) is 0 Å². The number of hydrogen-bond donors (Lipinski definition) is 1. The zero-order valence-corrected chi connectivity index (χ0v) is 15.6. The zero-order valence-electron chi connectivity index (χ0n) is 14.0. The summed E-state index contributed by atoms with van der Waals surface area (Å²) >= 11 is 3.36. The van der Waals surface area contributed by atoms with E-state index in [4.69, 9.17) is 4.74 Å². The number of amides is 1. The van der Waals surface area contributed by atoms with Gasteiger partial charge in [0.25, 0.3) is 5.91 Å². The molecular formula is C19H18BrN3O2. The molecule has 6 heteroatoms. The maximum Gasteiger partial charge on any atom is 0.262 e. The van der Waals surface area contributed by atoms with Crippen molar-refractivity contribution in [3.05, 3.63) is 70.5 Å². The highest BCUT2D eigenvalue weighted by atomic mass is 79.9. The van der Waals surface area contributed by atoms with Crippen LogP contribution in [0.25, 0.3) is 5.69 Å². The third-order valence-corrected chi connectivity index (χ3v) is 4.13. The monoisotopic (exact) mass is 399 g/mol. The van der Waals surface area contributed by atoms with E-state index in [9.17, 15) is 4.79 Å². The van der Waals surface area contributed by atoms with E-state index in [-0.39, 0.29) is 12.5 Å². The zero-order chi connectivity index (χ0) is 17.8. The summed E-state index contributed by atoms with van der Waals surface area (Å²) in [5.41, 5.74) is 3.45. The molecule has 0 saturated carbocycles. The number of anilines is 1. The van der Waals surface area contributed by atoms with Gasteiger partial charge in [-0.15, -0.1) is 0 Å². The molecule has 0 aliphatic rings. The molecule has 0 aliphatic heterocycles. The minimum absolute atomic E-state index is 0.0624. The molecule has 128 valence electrons. The standard InChI is InChI=1S/C19H18BrN3O2/c1-13-11-14(2)23(22-13)18-6-4-3-5-17(18)21-19(24)12-25-16-9-7-15(20)8-10-16/h3-11H,12H2,1-2H3,(H,21,24). The number of carbonyl (C=O) groups excluding carboxylic acids is 1. The summed E-state index contributed by atoms with van der Waals surface area (Å²) in [4.78, 5) is 12.3. The first-order chi connectivity index (χ1) is 12.0. The van der Waals surface area contributed by atoms with Gasteiger partial charge in [-0.05, 0) is 56.3 Å². The SMILES string of the molecule is Cc1cc(C)n(-c2ccccc2NC(=O)COc2ccc(Br)cc2)n1. The lowest BCUT2D eigenvalue weighted by Gasteiger charge is -2.13. The molecule has 1 heterocycles. The topological polar surface area (TPSA) is 56.2 Å². The van der Waals surface area contributed by atoms with Gasteiger partial charge in [0.15, 0.2) is 6.61 Å². The number of halogens is 1. The van der Waals surface area contributed by atoms with Crippen LogP contribution in [0.1, 0.15) is 11.4 Å². The lowest BCUT2D eigenvalue weighted by molar-refractivity contribution is -0.118. The molecule has 0 bridgehead atoms. The quantitative estimate of drug-likeness (QED) is 0.696. The highest BCUT2D eigenvalue weighted by Gasteiger charge is 2.11. The van der Waals surface area contributed by atoms with Crippen LogP contribution < -0.4 is 10.1 Å². The molecule has 1 amide bonds. The highest BCUT2D eigenvalue weighted by Crippen LogP contribution is 2.22. The van der Waals surface area contributed by atoms with Crippen molar-refractivity contribution in [3.8, 4) is 11.4 Å². The number of carbonyl (C=O) groups is 1. The predicted octanol–water partition coefficient (Wildman–Crippen LogP) is 4.27. The van der Waals surface area contributed by atoms with Gasteiger partial charge in [0.05, 0.1) is 17.1 Å². The Labute approximate surface area is 154 Å². The first kappa shape index (κ1) is 17.2. The molecule has 1 N–H and O–H groups in total. The van der Waals surface area contributed by atoms with Crippen LogP contribution >= 0.6 is 15.9 Å². The van der Waals surface area contributed by atoms with Crippen molar-refractivity contribution < 1.29 is 9.53 Å². The normalized spacial score (nSPS) is 10.5. The molecule has 3 aromatic rings. The van der Waals surface area contributed by atoms with Gasteiger partial charge < -0.3 is 10.1 Å². The van der Waals surface area contributed by atoms with Crippen LogP contribution in [0, 0.1) is 13.8 Å². The van der Waals surface area contributed by atoms with Gasteiger partial charge in [-0.2, -0.15) is 5.10 Å². The Kier molecular flexibility index (Phi) is 5.19. The molecular weight excluding hydrogens is 382 g/mol. The van der Waals surface area contributed by atoms with Crippen LogP contribution in [0.15, 0.2) is 59.1 Å². The van der Waals surface area contributed by atoms with Crippen LogP contribution in [0.4, 0.5) is 5.69 Å². The Morgan fingerprint density at radius 2 is 1.88 bits per heavy atom. The van der Waals surface area contributed by atoms with Crippen LogP contribution in [0.3, 0.4) is 0 Å². The molecule has 0 aliphatic carbocycles. The van der Waals surface area contributed by atoms with E-state index in [1.54, 1.807) is 12.1 Å². The minimum atomic E-state index is -0.225. The lowest BCUT2D eigenvalue weighted by atomic mass is 10.2. The number of nitrogens with one attached hydrogen (secondary N) is 1. The fourth-order valence-corrected chi connectivity index (χ4v) is 2.77. The van der Waals surface area contributed by atoms with Gasteiger partial charge in [0.1, 0.15) is 5.75 Å². The van der Waals surface area contributed by atoms with Gasteiger partial charge in [0, 0.05) is 10.2 Å². The minimum Gasteiger partial charge on any atom is -0.484 e. The summed E-state index contributed by atoms with van der Waals surface area (Å²) in [6, 6.07) is 16.9. The summed E-state index contributed by atoms with van der Waals surface area (Å²) in [5, 5.41) is 7.37. The molecule has 3 rings (SSSR count). The third-order valence-electron chi connectivity index (χ3n) is 3.60.